The lowest BCUT2D eigenvalue weighted by molar-refractivity contribution is -0.115. The lowest BCUT2D eigenvalue weighted by Crippen LogP contribution is -2.22. The van der Waals surface area contributed by atoms with Gasteiger partial charge in [-0.15, -0.1) is 11.3 Å². The molecule has 0 fully saturated rings. The largest absolute Gasteiger partial charge is 0.494 e. The number of thioether (sulfide) groups is 1. The maximum absolute atomic E-state index is 13.3. The second kappa shape index (κ2) is 14.1. The number of pyridine rings is 1. The molecule has 0 spiro atoms. The maximum Gasteiger partial charge on any atom is 0.239 e. The summed E-state index contributed by atoms with van der Waals surface area (Å²) in [6, 6.07) is 27.1. The van der Waals surface area contributed by atoms with Gasteiger partial charge in [0.2, 0.25) is 5.91 Å². The first-order chi connectivity index (χ1) is 21.4. The van der Waals surface area contributed by atoms with E-state index in [1.165, 1.54) is 23.1 Å². The lowest BCUT2D eigenvalue weighted by atomic mass is 9.98. The van der Waals surface area contributed by atoms with Crippen molar-refractivity contribution in [2.75, 3.05) is 26.1 Å². The van der Waals surface area contributed by atoms with Crippen LogP contribution in [0.3, 0.4) is 0 Å². The number of thiazole rings is 1. The highest BCUT2D eigenvalue weighted by Crippen LogP contribution is 2.43. The van der Waals surface area contributed by atoms with Gasteiger partial charge in [0.05, 0.1) is 43.0 Å². The van der Waals surface area contributed by atoms with E-state index in [1.807, 2.05) is 85.1 Å². The summed E-state index contributed by atoms with van der Waals surface area (Å²) in [6.07, 6.45) is 0. The Morgan fingerprint density at radius 1 is 0.955 bits per heavy atom. The Morgan fingerprint density at radius 2 is 1.70 bits per heavy atom. The van der Waals surface area contributed by atoms with Gasteiger partial charge in [0.25, 0.3) is 0 Å². The number of rotatable bonds is 11. The number of nitrogens with zero attached hydrogens (tertiary/aromatic N) is 3. The summed E-state index contributed by atoms with van der Waals surface area (Å²) in [4.78, 5) is 22.8. The standard InChI is InChI=1S/C34H30N4O4S2/c1-5-42-24-16-14-23(15-17-24)29-20-43-34(37-29)38-32(39)21(2)44-33-27(19-35)26(18-28(36-33)22-10-7-6-8-11-22)25-12-9-13-30(40-3)31(25)41-4/h6-18,20-21H,5H2,1-4H3,(H,37,38,39). The van der Waals surface area contributed by atoms with Crippen LogP contribution < -0.4 is 19.5 Å². The van der Waals surface area contributed by atoms with Gasteiger partial charge in [0.1, 0.15) is 16.8 Å². The van der Waals surface area contributed by atoms with Crippen LogP contribution in [-0.4, -0.2) is 42.0 Å². The van der Waals surface area contributed by atoms with Gasteiger partial charge in [0, 0.05) is 27.6 Å². The summed E-state index contributed by atoms with van der Waals surface area (Å²) < 4.78 is 16.7. The third-order valence-electron chi connectivity index (χ3n) is 6.71. The van der Waals surface area contributed by atoms with Crippen LogP contribution in [0.15, 0.2) is 89.3 Å². The zero-order chi connectivity index (χ0) is 31.1. The summed E-state index contributed by atoms with van der Waals surface area (Å²) in [5, 5.41) is 15.5. The van der Waals surface area contributed by atoms with Gasteiger partial charge in [-0.25, -0.2) is 9.97 Å². The number of carbonyl (C=O) groups is 1. The number of nitriles is 1. The van der Waals surface area contributed by atoms with Gasteiger partial charge in [-0.05, 0) is 50.2 Å². The number of aromatic nitrogens is 2. The molecule has 3 aromatic carbocycles. The number of hydrogen-bond donors (Lipinski definition) is 1. The van der Waals surface area contributed by atoms with Crippen molar-refractivity contribution in [2.24, 2.45) is 0 Å². The van der Waals surface area contributed by atoms with Gasteiger partial charge < -0.3 is 19.5 Å². The number of ether oxygens (including phenoxy) is 3. The van der Waals surface area contributed by atoms with E-state index in [4.69, 9.17) is 19.2 Å². The minimum atomic E-state index is -0.585. The fourth-order valence-corrected chi connectivity index (χ4v) is 6.21. The zero-order valence-electron chi connectivity index (χ0n) is 24.7. The molecule has 1 N–H and O–H groups in total. The Morgan fingerprint density at radius 3 is 2.39 bits per heavy atom. The van der Waals surface area contributed by atoms with Gasteiger partial charge in [0.15, 0.2) is 16.6 Å². The van der Waals surface area contributed by atoms with E-state index in [0.717, 1.165) is 22.6 Å². The molecule has 1 unspecified atom stereocenters. The van der Waals surface area contributed by atoms with E-state index < -0.39 is 5.25 Å². The molecule has 222 valence electrons. The number of methoxy groups -OCH3 is 2. The first kappa shape index (κ1) is 30.6. The Bertz CT molecular complexity index is 1800. The molecule has 10 heteroatoms. The van der Waals surface area contributed by atoms with Crippen molar-refractivity contribution in [3.8, 4) is 57.0 Å². The normalized spacial score (nSPS) is 11.3. The van der Waals surface area contributed by atoms with E-state index in [2.05, 4.69) is 16.4 Å². The molecule has 2 aromatic heterocycles. The molecule has 0 saturated carbocycles. The number of benzene rings is 3. The molecule has 5 rings (SSSR count). The second-order valence-corrected chi connectivity index (χ2v) is 11.7. The molecule has 44 heavy (non-hydrogen) atoms. The zero-order valence-corrected chi connectivity index (χ0v) is 26.3. The Kier molecular flexibility index (Phi) is 9.79. The molecule has 0 aliphatic carbocycles. The average Bonchev–Trinajstić information content (AvgIpc) is 3.53. The SMILES string of the molecule is CCOc1ccc(-c2csc(NC(=O)C(C)Sc3nc(-c4ccccc4)cc(-c4cccc(OC)c4OC)c3C#N)n2)cc1. The van der Waals surface area contributed by atoms with Crippen LogP contribution >= 0.6 is 23.1 Å². The molecule has 2 heterocycles. The predicted molar refractivity (Wildman–Crippen MR) is 176 cm³/mol. The maximum atomic E-state index is 13.3. The molecule has 0 saturated heterocycles. The first-order valence-electron chi connectivity index (χ1n) is 13.8. The molecular formula is C34H30N4O4S2. The fourth-order valence-electron chi connectivity index (χ4n) is 4.56. The topological polar surface area (TPSA) is 106 Å². The van der Waals surface area contributed by atoms with Gasteiger partial charge >= 0.3 is 0 Å². The minimum Gasteiger partial charge on any atom is -0.494 e. The highest BCUT2D eigenvalue weighted by atomic mass is 32.2. The number of amides is 1. The highest BCUT2D eigenvalue weighted by Gasteiger charge is 2.24. The molecule has 0 aliphatic rings. The highest BCUT2D eigenvalue weighted by molar-refractivity contribution is 8.00. The van der Waals surface area contributed by atoms with Crippen LogP contribution in [0.4, 0.5) is 5.13 Å². The lowest BCUT2D eigenvalue weighted by Gasteiger charge is -2.17. The molecule has 0 bridgehead atoms. The van der Waals surface area contributed by atoms with Crippen LogP contribution in [0.2, 0.25) is 0 Å². The van der Waals surface area contributed by atoms with Crippen molar-refractivity contribution in [2.45, 2.75) is 24.1 Å². The van der Waals surface area contributed by atoms with Crippen LogP contribution in [0.1, 0.15) is 19.4 Å². The Balaban J connectivity index is 1.44. The summed E-state index contributed by atoms with van der Waals surface area (Å²) in [6.45, 7) is 4.32. The predicted octanol–water partition coefficient (Wildman–Crippen LogP) is 7.95. The summed E-state index contributed by atoms with van der Waals surface area (Å²) in [5.74, 6) is 1.59. The van der Waals surface area contributed by atoms with Crippen molar-refractivity contribution >= 4 is 34.1 Å². The molecule has 8 nitrogen and oxygen atoms in total. The van der Waals surface area contributed by atoms with Crippen LogP contribution in [0.5, 0.6) is 17.2 Å². The summed E-state index contributed by atoms with van der Waals surface area (Å²) in [5.41, 5.74) is 4.89. The molecule has 5 aromatic rings. The van der Waals surface area contributed by atoms with Crippen molar-refractivity contribution in [3.63, 3.8) is 0 Å². The van der Waals surface area contributed by atoms with Gasteiger partial charge in [-0.2, -0.15) is 5.26 Å². The Hall–Kier alpha value is -4.85. The molecule has 1 amide bonds. The van der Waals surface area contributed by atoms with E-state index in [1.54, 1.807) is 27.2 Å². The van der Waals surface area contributed by atoms with E-state index in [0.29, 0.717) is 50.6 Å². The minimum absolute atomic E-state index is 0.251. The summed E-state index contributed by atoms with van der Waals surface area (Å²) >= 11 is 2.57. The van der Waals surface area contributed by atoms with Crippen molar-refractivity contribution in [3.05, 3.63) is 89.8 Å². The number of nitrogens with one attached hydrogen (secondary N) is 1. The number of para-hydroxylation sites is 1. The van der Waals surface area contributed by atoms with Crippen molar-refractivity contribution < 1.29 is 19.0 Å². The molecular weight excluding hydrogens is 593 g/mol. The molecule has 0 radical (unpaired) electrons. The van der Waals surface area contributed by atoms with E-state index in [9.17, 15) is 10.1 Å². The van der Waals surface area contributed by atoms with Crippen LogP contribution in [0.25, 0.3) is 33.6 Å². The van der Waals surface area contributed by atoms with E-state index >= 15 is 0 Å². The smallest absolute Gasteiger partial charge is 0.239 e. The third-order valence-corrected chi connectivity index (χ3v) is 8.56. The van der Waals surface area contributed by atoms with E-state index in [-0.39, 0.29) is 5.91 Å². The first-order valence-corrected chi connectivity index (χ1v) is 15.6. The van der Waals surface area contributed by atoms with Crippen molar-refractivity contribution in [1.29, 1.82) is 5.26 Å². The number of anilines is 1. The summed E-state index contributed by atoms with van der Waals surface area (Å²) in [7, 11) is 3.13. The second-order valence-electron chi connectivity index (χ2n) is 9.50. The number of hydrogen-bond acceptors (Lipinski definition) is 9. The average molecular weight is 623 g/mol. The van der Waals surface area contributed by atoms with Crippen LogP contribution in [0, 0.1) is 11.3 Å². The molecule has 1 atom stereocenters. The monoisotopic (exact) mass is 622 g/mol. The third kappa shape index (κ3) is 6.70. The number of carbonyl (C=O) groups excluding carboxylic acids is 1. The van der Waals surface area contributed by atoms with Crippen LogP contribution in [-0.2, 0) is 4.79 Å². The quantitative estimate of drug-likeness (QED) is 0.148. The Labute approximate surface area is 264 Å². The van der Waals surface area contributed by atoms with Gasteiger partial charge in [-0.1, -0.05) is 54.2 Å². The van der Waals surface area contributed by atoms with Crippen molar-refractivity contribution in [1.82, 2.24) is 9.97 Å². The molecule has 0 aliphatic heterocycles. The van der Waals surface area contributed by atoms with Gasteiger partial charge in [-0.3, -0.25) is 4.79 Å². The fraction of sp³-hybridized carbons (Fsp3) is 0.176.